The van der Waals surface area contributed by atoms with Gasteiger partial charge in [-0.1, -0.05) is 24.3 Å². The summed E-state index contributed by atoms with van der Waals surface area (Å²) < 4.78 is 0. The van der Waals surface area contributed by atoms with Crippen LogP contribution in [0.5, 0.6) is 5.75 Å². The zero-order valence-corrected chi connectivity index (χ0v) is 12.1. The molecule has 2 aromatic carbocycles. The van der Waals surface area contributed by atoms with Crippen LogP contribution in [-0.2, 0) is 6.54 Å². The number of nitrogens with zero attached hydrogens (tertiary/aromatic N) is 2. The van der Waals surface area contributed by atoms with Gasteiger partial charge in [-0.25, -0.2) is 0 Å². The lowest BCUT2D eigenvalue weighted by atomic mass is 10.1. The van der Waals surface area contributed by atoms with E-state index in [4.69, 9.17) is 5.73 Å². The summed E-state index contributed by atoms with van der Waals surface area (Å²) in [5.74, 6) is 0.322. The van der Waals surface area contributed by atoms with Gasteiger partial charge in [0.1, 0.15) is 5.75 Å². The molecule has 0 unspecified atom stereocenters. The monoisotopic (exact) mass is 283 g/mol. The highest BCUT2D eigenvalue weighted by Gasteiger charge is 2.18. The third-order valence-corrected chi connectivity index (χ3v) is 3.99. The maximum atomic E-state index is 9.32. The molecule has 2 aromatic rings. The van der Waals surface area contributed by atoms with Crippen LogP contribution in [0.25, 0.3) is 0 Å². The molecule has 4 nitrogen and oxygen atoms in total. The number of rotatable bonds is 3. The van der Waals surface area contributed by atoms with Crippen molar-refractivity contribution in [2.45, 2.75) is 6.54 Å². The summed E-state index contributed by atoms with van der Waals surface area (Å²) in [6, 6.07) is 15.5. The van der Waals surface area contributed by atoms with Crippen LogP contribution in [0.15, 0.2) is 48.5 Å². The highest BCUT2D eigenvalue weighted by atomic mass is 16.3. The van der Waals surface area contributed by atoms with Gasteiger partial charge < -0.3 is 15.7 Å². The summed E-state index contributed by atoms with van der Waals surface area (Å²) in [5.41, 5.74) is 9.27. The van der Waals surface area contributed by atoms with E-state index in [1.165, 1.54) is 5.56 Å². The molecular weight excluding hydrogens is 262 g/mol. The maximum Gasteiger partial charge on any atom is 0.115 e. The molecule has 1 heterocycles. The minimum atomic E-state index is 0.322. The van der Waals surface area contributed by atoms with Crippen molar-refractivity contribution in [2.75, 3.05) is 36.8 Å². The smallest absolute Gasteiger partial charge is 0.115 e. The number of hydrogen-bond acceptors (Lipinski definition) is 4. The van der Waals surface area contributed by atoms with Crippen LogP contribution >= 0.6 is 0 Å². The number of nitrogen functional groups attached to an aromatic ring is 1. The van der Waals surface area contributed by atoms with Gasteiger partial charge in [-0.2, -0.15) is 0 Å². The molecule has 1 saturated heterocycles. The number of hydrogen-bond donors (Lipinski definition) is 2. The summed E-state index contributed by atoms with van der Waals surface area (Å²) >= 11 is 0. The second kappa shape index (κ2) is 6.06. The van der Waals surface area contributed by atoms with Crippen LogP contribution in [0.3, 0.4) is 0 Å². The fourth-order valence-corrected chi connectivity index (χ4v) is 2.78. The fourth-order valence-electron chi connectivity index (χ4n) is 2.78. The lowest BCUT2D eigenvalue weighted by molar-refractivity contribution is 0.250. The molecule has 1 aliphatic heterocycles. The molecule has 1 aliphatic rings. The minimum Gasteiger partial charge on any atom is -0.508 e. The summed E-state index contributed by atoms with van der Waals surface area (Å²) in [5, 5.41) is 9.32. The number of aromatic hydroxyl groups is 1. The Hall–Kier alpha value is -2.20. The highest BCUT2D eigenvalue weighted by molar-refractivity contribution is 5.67. The Bertz CT molecular complexity index is 589. The molecule has 0 saturated carbocycles. The van der Waals surface area contributed by atoms with E-state index in [0.29, 0.717) is 5.75 Å². The first-order valence-corrected chi connectivity index (χ1v) is 7.32. The number of piperazine rings is 1. The van der Waals surface area contributed by atoms with Crippen LogP contribution in [0, 0.1) is 0 Å². The molecule has 1 fully saturated rings. The van der Waals surface area contributed by atoms with Gasteiger partial charge in [0.05, 0.1) is 11.4 Å². The second-order valence-electron chi connectivity index (χ2n) is 5.49. The van der Waals surface area contributed by atoms with E-state index in [1.807, 2.05) is 30.3 Å². The van der Waals surface area contributed by atoms with Crippen molar-refractivity contribution in [1.29, 1.82) is 0 Å². The standard InChI is InChI=1S/C17H21N3O/c18-16-3-1-2-4-17(16)20-11-9-19(10-12-20)13-14-5-7-15(21)8-6-14/h1-8,21H,9-13,18H2. The van der Waals surface area contributed by atoms with Crippen molar-refractivity contribution in [3.05, 3.63) is 54.1 Å². The fraction of sp³-hybridized carbons (Fsp3) is 0.294. The molecule has 0 aliphatic carbocycles. The predicted molar refractivity (Wildman–Crippen MR) is 86.5 cm³/mol. The predicted octanol–water partition coefficient (Wildman–Crippen LogP) is 2.30. The first kappa shape index (κ1) is 13.8. The molecule has 0 atom stereocenters. The molecule has 0 radical (unpaired) electrons. The number of phenolic OH excluding ortho intramolecular Hbond substituents is 1. The van der Waals surface area contributed by atoms with Gasteiger partial charge in [-0.3, -0.25) is 4.90 Å². The zero-order chi connectivity index (χ0) is 14.7. The van der Waals surface area contributed by atoms with E-state index >= 15 is 0 Å². The third kappa shape index (κ3) is 3.28. The average Bonchev–Trinajstić information content (AvgIpc) is 2.51. The summed E-state index contributed by atoms with van der Waals surface area (Å²) in [7, 11) is 0. The van der Waals surface area contributed by atoms with Crippen molar-refractivity contribution >= 4 is 11.4 Å². The Balaban J connectivity index is 1.58. The largest absolute Gasteiger partial charge is 0.508 e. The molecular formula is C17H21N3O. The topological polar surface area (TPSA) is 52.7 Å². The lowest BCUT2D eigenvalue weighted by Gasteiger charge is -2.36. The van der Waals surface area contributed by atoms with Gasteiger partial charge in [-0.15, -0.1) is 0 Å². The molecule has 21 heavy (non-hydrogen) atoms. The summed E-state index contributed by atoms with van der Waals surface area (Å²) in [6.45, 7) is 4.96. The zero-order valence-electron chi connectivity index (χ0n) is 12.1. The number of anilines is 2. The van der Waals surface area contributed by atoms with Crippen LogP contribution in [0.1, 0.15) is 5.56 Å². The van der Waals surface area contributed by atoms with Gasteiger partial charge in [-0.05, 0) is 29.8 Å². The number of para-hydroxylation sites is 2. The summed E-state index contributed by atoms with van der Waals surface area (Å²) in [6.07, 6.45) is 0. The van der Waals surface area contributed by atoms with Crippen LogP contribution in [0.4, 0.5) is 11.4 Å². The average molecular weight is 283 g/mol. The van der Waals surface area contributed by atoms with Crippen molar-refractivity contribution < 1.29 is 5.11 Å². The van der Waals surface area contributed by atoms with Crippen molar-refractivity contribution in [3.8, 4) is 5.75 Å². The van der Waals surface area contributed by atoms with Gasteiger partial charge in [0, 0.05) is 32.7 Å². The van der Waals surface area contributed by atoms with E-state index in [9.17, 15) is 5.11 Å². The first-order valence-electron chi connectivity index (χ1n) is 7.32. The van der Waals surface area contributed by atoms with E-state index in [1.54, 1.807) is 12.1 Å². The van der Waals surface area contributed by atoms with Crippen molar-refractivity contribution in [3.63, 3.8) is 0 Å². The van der Waals surface area contributed by atoms with Gasteiger partial charge >= 0.3 is 0 Å². The lowest BCUT2D eigenvalue weighted by Crippen LogP contribution is -2.46. The molecule has 0 bridgehead atoms. The Morgan fingerprint density at radius 1 is 0.905 bits per heavy atom. The van der Waals surface area contributed by atoms with Crippen LogP contribution in [-0.4, -0.2) is 36.2 Å². The third-order valence-electron chi connectivity index (χ3n) is 3.99. The molecule has 0 spiro atoms. The Labute approximate surface area is 125 Å². The number of nitrogens with two attached hydrogens (primary N) is 1. The second-order valence-corrected chi connectivity index (χ2v) is 5.49. The normalized spacial score (nSPS) is 16.1. The quantitative estimate of drug-likeness (QED) is 0.849. The van der Waals surface area contributed by atoms with Crippen LogP contribution < -0.4 is 10.6 Å². The van der Waals surface area contributed by atoms with E-state index < -0.39 is 0 Å². The van der Waals surface area contributed by atoms with E-state index in [2.05, 4.69) is 15.9 Å². The van der Waals surface area contributed by atoms with E-state index in [-0.39, 0.29) is 0 Å². The first-order chi connectivity index (χ1) is 10.2. The Kier molecular flexibility index (Phi) is 3.97. The Morgan fingerprint density at radius 3 is 2.24 bits per heavy atom. The van der Waals surface area contributed by atoms with Crippen molar-refractivity contribution in [2.24, 2.45) is 0 Å². The molecule has 0 aromatic heterocycles. The van der Waals surface area contributed by atoms with Gasteiger partial charge in [0.25, 0.3) is 0 Å². The van der Waals surface area contributed by atoms with Crippen molar-refractivity contribution in [1.82, 2.24) is 4.90 Å². The van der Waals surface area contributed by atoms with E-state index in [0.717, 1.165) is 44.1 Å². The summed E-state index contributed by atoms with van der Waals surface area (Å²) in [4.78, 5) is 4.78. The van der Waals surface area contributed by atoms with Crippen LogP contribution in [0.2, 0.25) is 0 Å². The minimum absolute atomic E-state index is 0.322. The number of benzene rings is 2. The SMILES string of the molecule is Nc1ccccc1N1CCN(Cc2ccc(O)cc2)CC1. The highest BCUT2D eigenvalue weighted by Crippen LogP contribution is 2.24. The molecule has 3 rings (SSSR count). The molecule has 4 heteroatoms. The molecule has 0 amide bonds. The molecule has 110 valence electrons. The van der Waals surface area contributed by atoms with Gasteiger partial charge in [0.15, 0.2) is 0 Å². The molecule has 3 N–H and O–H groups in total. The van der Waals surface area contributed by atoms with Gasteiger partial charge in [0.2, 0.25) is 0 Å². The maximum absolute atomic E-state index is 9.32. The Morgan fingerprint density at radius 2 is 1.57 bits per heavy atom. The number of phenols is 1.